The number of thiophene rings is 1. The van der Waals surface area contributed by atoms with Crippen molar-refractivity contribution < 1.29 is 0 Å². The summed E-state index contributed by atoms with van der Waals surface area (Å²) in [6, 6.07) is 8.42. The van der Waals surface area contributed by atoms with Gasteiger partial charge in [0.25, 0.3) is 0 Å². The van der Waals surface area contributed by atoms with Crippen molar-refractivity contribution in [2.75, 3.05) is 0 Å². The molecule has 0 unspecified atom stereocenters. The van der Waals surface area contributed by atoms with E-state index in [1.165, 1.54) is 20.5 Å². The van der Waals surface area contributed by atoms with Gasteiger partial charge in [0.2, 0.25) is 0 Å². The molecule has 0 bridgehead atoms. The third-order valence-electron chi connectivity index (χ3n) is 2.27. The van der Waals surface area contributed by atoms with Crippen molar-refractivity contribution in [1.82, 2.24) is 0 Å². The maximum Gasteiger partial charge on any atom is 0.105 e. The molecule has 0 aliphatic carbocycles. The average Bonchev–Trinajstić information content (AvgIpc) is 2.67. The molecule has 1 aliphatic rings. The van der Waals surface area contributed by atoms with Crippen LogP contribution in [0.15, 0.2) is 24.3 Å². The van der Waals surface area contributed by atoms with Crippen LogP contribution in [0.4, 0.5) is 0 Å². The molecule has 0 fully saturated rings. The Balaban J connectivity index is 0.000000750. The molecule has 0 amide bonds. The van der Waals surface area contributed by atoms with Crippen LogP contribution in [-0.2, 0) is 5.75 Å². The number of hydrogen-bond acceptors (Lipinski definition) is 3. The molecule has 1 aromatic carbocycles. The quantitative estimate of drug-likeness (QED) is 0.743. The van der Waals surface area contributed by atoms with Crippen molar-refractivity contribution in [3.63, 3.8) is 0 Å². The van der Waals surface area contributed by atoms with Gasteiger partial charge >= 0.3 is 0 Å². The van der Waals surface area contributed by atoms with Crippen LogP contribution in [0.2, 0.25) is 0 Å². The van der Waals surface area contributed by atoms with Crippen molar-refractivity contribution in [2.24, 2.45) is 0 Å². The zero-order chi connectivity index (χ0) is 8.84. The van der Waals surface area contributed by atoms with E-state index in [0.29, 0.717) is 0 Å². The number of thioether (sulfide) groups is 1. The molecule has 3 rings (SSSR count). The molecule has 0 saturated carbocycles. The van der Waals surface area contributed by atoms with E-state index in [-0.39, 0.29) is 12.4 Å². The summed E-state index contributed by atoms with van der Waals surface area (Å²) >= 11 is 3.39. The van der Waals surface area contributed by atoms with E-state index >= 15 is 0 Å². The molecule has 0 saturated heterocycles. The Morgan fingerprint density at radius 3 is 2.86 bits per heavy atom. The lowest BCUT2D eigenvalue weighted by atomic mass is 10.1. The van der Waals surface area contributed by atoms with Crippen molar-refractivity contribution in [2.45, 2.75) is 5.75 Å². The van der Waals surface area contributed by atoms with Gasteiger partial charge in [-0.25, -0.2) is 0 Å². The molecule has 1 nitrogen and oxygen atoms in total. The molecule has 1 N–H and O–H groups in total. The first kappa shape index (κ1) is 10.0. The molecule has 1 aromatic heterocycles. The molecule has 2 heterocycles. The smallest absolute Gasteiger partial charge is 0.105 e. The number of benzene rings is 1. The third kappa shape index (κ3) is 1.28. The van der Waals surface area contributed by atoms with Gasteiger partial charge in [0.1, 0.15) is 5.04 Å². The van der Waals surface area contributed by atoms with Gasteiger partial charge < -0.3 is 0 Å². The second-order valence-corrected chi connectivity index (χ2v) is 5.06. The third-order valence-corrected chi connectivity index (χ3v) is 4.55. The Kier molecular flexibility index (Phi) is 2.56. The Hall–Kier alpha value is -0.510. The summed E-state index contributed by atoms with van der Waals surface area (Å²) in [7, 11) is 0. The van der Waals surface area contributed by atoms with Crippen LogP contribution in [0.25, 0.3) is 10.1 Å². The Morgan fingerprint density at radius 2 is 2.00 bits per heavy atom. The normalized spacial score (nSPS) is 14.1. The lowest BCUT2D eigenvalue weighted by Crippen LogP contribution is -1.79. The topological polar surface area (TPSA) is 23.9 Å². The molecule has 0 atom stereocenters. The number of fused-ring (bicyclic) bond motifs is 3. The van der Waals surface area contributed by atoms with Crippen LogP contribution in [0.3, 0.4) is 0 Å². The molecule has 72 valence electrons. The highest BCUT2D eigenvalue weighted by atomic mass is 35.5. The monoisotopic (exact) mass is 241 g/mol. The fourth-order valence-electron chi connectivity index (χ4n) is 1.64. The van der Waals surface area contributed by atoms with Crippen LogP contribution < -0.4 is 0 Å². The van der Waals surface area contributed by atoms with Gasteiger partial charge in [-0.15, -0.1) is 35.5 Å². The highest BCUT2D eigenvalue weighted by Crippen LogP contribution is 2.40. The Labute approximate surface area is 96.4 Å². The van der Waals surface area contributed by atoms with Crippen molar-refractivity contribution >= 4 is 50.6 Å². The summed E-state index contributed by atoms with van der Waals surface area (Å²) in [5.41, 5.74) is 1.37. The van der Waals surface area contributed by atoms with Gasteiger partial charge in [0.15, 0.2) is 0 Å². The van der Waals surface area contributed by atoms with E-state index in [0.717, 1.165) is 10.8 Å². The average molecular weight is 242 g/mol. The Bertz CT molecular complexity index is 504. The number of halogens is 1. The fraction of sp³-hybridized carbons (Fsp3) is 0.100. The van der Waals surface area contributed by atoms with Crippen LogP contribution in [-0.4, -0.2) is 5.04 Å². The van der Waals surface area contributed by atoms with Crippen molar-refractivity contribution in [1.29, 1.82) is 5.41 Å². The number of rotatable bonds is 0. The molecular formula is C10H8ClNS2. The molecule has 4 heteroatoms. The number of hydrogen-bond donors (Lipinski definition) is 1. The van der Waals surface area contributed by atoms with E-state index in [1.807, 2.05) is 0 Å². The first-order valence-electron chi connectivity index (χ1n) is 4.08. The summed E-state index contributed by atoms with van der Waals surface area (Å²) in [5.74, 6) is 0.984. The lowest BCUT2D eigenvalue weighted by Gasteiger charge is -1.90. The van der Waals surface area contributed by atoms with Crippen LogP contribution in [0, 0.1) is 5.41 Å². The first-order valence-corrected chi connectivity index (χ1v) is 5.88. The highest BCUT2D eigenvalue weighted by molar-refractivity contribution is 8.14. The summed E-state index contributed by atoms with van der Waals surface area (Å²) in [5, 5.41) is 9.83. The van der Waals surface area contributed by atoms with Crippen LogP contribution in [0.1, 0.15) is 10.4 Å². The highest BCUT2D eigenvalue weighted by Gasteiger charge is 2.21. The fourth-order valence-corrected chi connectivity index (χ4v) is 3.94. The minimum atomic E-state index is 0. The minimum Gasteiger partial charge on any atom is -0.293 e. The van der Waals surface area contributed by atoms with E-state index in [2.05, 4.69) is 24.3 Å². The molecule has 1 aliphatic heterocycles. The zero-order valence-corrected chi connectivity index (χ0v) is 9.69. The molecule has 0 radical (unpaired) electrons. The summed E-state index contributed by atoms with van der Waals surface area (Å²) in [6.45, 7) is 0. The van der Waals surface area contributed by atoms with E-state index in [1.54, 1.807) is 23.1 Å². The van der Waals surface area contributed by atoms with Crippen molar-refractivity contribution in [3.8, 4) is 0 Å². The molecule has 0 spiro atoms. The maximum atomic E-state index is 7.74. The van der Waals surface area contributed by atoms with Crippen LogP contribution in [0.5, 0.6) is 0 Å². The molecular weight excluding hydrogens is 234 g/mol. The summed E-state index contributed by atoms with van der Waals surface area (Å²) < 4.78 is 1.32. The van der Waals surface area contributed by atoms with Crippen LogP contribution >= 0.6 is 35.5 Å². The van der Waals surface area contributed by atoms with Crippen molar-refractivity contribution in [3.05, 3.63) is 34.7 Å². The first-order chi connectivity index (χ1) is 6.36. The lowest BCUT2D eigenvalue weighted by molar-refractivity contribution is 1.52. The van der Waals surface area contributed by atoms with Gasteiger partial charge in [-0.2, -0.15) is 0 Å². The predicted octanol–water partition coefficient (Wildman–Crippen LogP) is 3.90. The van der Waals surface area contributed by atoms with Gasteiger partial charge in [-0.05, 0) is 17.0 Å². The SMILES string of the molecule is Cl.N=C1SCc2c1sc1ccccc21. The van der Waals surface area contributed by atoms with E-state index in [4.69, 9.17) is 5.41 Å². The number of nitrogens with one attached hydrogen (secondary N) is 1. The zero-order valence-electron chi connectivity index (χ0n) is 7.24. The standard InChI is InChI=1S/C10H7NS2.ClH/c11-10-9-7(5-12-10)6-3-1-2-4-8(6)13-9;/h1-4,11H,5H2;1H. The predicted molar refractivity (Wildman–Crippen MR) is 67.2 cm³/mol. The van der Waals surface area contributed by atoms with Gasteiger partial charge in [0.05, 0.1) is 4.88 Å². The second-order valence-electron chi connectivity index (χ2n) is 3.02. The van der Waals surface area contributed by atoms with E-state index in [9.17, 15) is 0 Å². The molecule has 2 aromatic rings. The summed E-state index contributed by atoms with van der Waals surface area (Å²) in [4.78, 5) is 1.19. The largest absolute Gasteiger partial charge is 0.293 e. The summed E-state index contributed by atoms with van der Waals surface area (Å²) in [6.07, 6.45) is 0. The van der Waals surface area contributed by atoms with Gasteiger partial charge in [-0.1, -0.05) is 18.2 Å². The maximum absolute atomic E-state index is 7.74. The second kappa shape index (κ2) is 3.57. The van der Waals surface area contributed by atoms with Gasteiger partial charge in [0, 0.05) is 10.5 Å². The molecule has 14 heavy (non-hydrogen) atoms. The minimum absolute atomic E-state index is 0. The Morgan fingerprint density at radius 1 is 1.21 bits per heavy atom. The van der Waals surface area contributed by atoms with Gasteiger partial charge in [-0.3, -0.25) is 5.41 Å². The van der Waals surface area contributed by atoms with E-state index < -0.39 is 0 Å².